The molecular weight excluding hydrogens is 473 g/mol. The van der Waals surface area contributed by atoms with Crippen LogP contribution in [0.15, 0.2) is 4.99 Å². The van der Waals surface area contributed by atoms with Crippen LogP contribution >= 0.6 is 35.7 Å². The van der Waals surface area contributed by atoms with Crippen molar-refractivity contribution in [2.45, 2.75) is 51.5 Å². The van der Waals surface area contributed by atoms with Crippen molar-refractivity contribution in [3.05, 3.63) is 0 Å². The Morgan fingerprint density at radius 2 is 1.96 bits per heavy atom. The van der Waals surface area contributed by atoms with Crippen LogP contribution in [0.5, 0.6) is 0 Å². The number of carbonyl (C=O) groups is 1. The number of amides is 1. The zero-order chi connectivity index (χ0) is 19.2. The molecule has 1 aliphatic rings. The summed E-state index contributed by atoms with van der Waals surface area (Å²) in [5.41, 5.74) is 0. The molecule has 1 unspecified atom stereocenters. The molecule has 27 heavy (non-hydrogen) atoms. The van der Waals surface area contributed by atoms with E-state index < -0.39 is 0 Å². The molecule has 1 heterocycles. The number of unbranched alkanes of at least 4 members (excludes halogenated alkanes) is 3. The first-order valence-electron chi connectivity index (χ1n) is 10.0. The largest absolute Gasteiger partial charge is 0.356 e. The number of aliphatic imine (C=N–C) groups is 1. The minimum atomic E-state index is 0. The zero-order valence-corrected chi connectivity index (χ0v) is 20.8. The van der Waals surface area contributed by atoms with Crippen molar-refractivity contribution in [1.82, 2.24) is 20.4 Å². The quantitative estimate of drug-likeness (QED) is 0.182. The summed E-state index contributed by atoms with van der Waals surface area (Å²) in [5, 5.41) is 6.86. The molecule has 0 aromatic rings. The van der Waals surface area contributed by atoms with Gasteiger partial charge in [0.1, 0.15) is 6.54 Å². The molecule has 0 aromatic carbocycles. The second-order valence-corrected chi connectivity index (χ2v) is 8.08. The maximum Gasteiger partial charge on any atom is 0.243 e. The number of halogens is 1. The molecule has 0 saturated carbocycles. The minimum Gasteiger partial charge on any atom is -0.356 e. The molecule has 0 aliphatic carbocycles. The third kappa shape index (κ3) is 12.1. The Morgan fingerprint density at radius 1 is 1.22 bits per heavy atom. The number of hydrogen-bond donors (Lipinski definition) is 2. The monoisotopic (exact) mass is 513 g/mol. The van der Waals surface area contributed by atoms with Crippen molar-refractivity contribution in [3.63, 3.8) is 0 Å². The number of likely N-dealkylation sites (tertiary alicyclic amines) is 1. The van der Waals surface area contributed by atoms with E-state index in [-0.39, 0.29) is 36.4 Å². The van der Waals surface area contributed by atoms with Gasteiger partial charge in [-0.05, 0) is 50.8 Å². The molecule has 0 bridgehead atoms. The lowest BCUT2D eigenvalue weighted by Gasteiger charge is -2.24. The van der Waals surface area contributed by atoms with E-state index >= 15 is 0 Å². The average molecular weight is 514 g/mol. The topological polar surface area (TPSA) is 60.0 Å². The van der Waals surface area contributed by atoms with Crippen molar-refractivity contribution in [1.29, 1.82) is 0 Å². The highest BCUT2D eigenvalue weighted by Crippen LogP contribution is 2.15. The fourth-order valence-electron chi connectivity index (χ4n) is 3.15. The van der Waals surface area contributed by atoms with Crippen LogP contribution in [0.3, 0.4) is 0 Å². The van der Waals surface area contributed by atoms with Crippen LogP contribution in [-0.4, -0.2) is 86.5 Å². The Bertz CT molecular complexity index is 423. The van der Waals surface area contributed by atoms with Gasteiger partial charge in [-0.2, -0.15) is 11.8 Å². The van der Waals surface area contributed by atoms with Crippen LogP contribution in [0.4, 0.5) is 0 Å². The first-order valence-corrected chi connectivity index (χ1v) is 11.4. The standard InChI is InChI=1S/C19H39N5OS.HI/c1-5-24-13-10-11-17(24)15-21-19(22-16-18(25)23(2)3)20-12-8-6-7-9-14-26-4;/h17H,5-16H2,1-4H3,(H2,20,21,22);1H. The molecule has 1 saturated heterocycles. The number of nitrogens with one attached hydrogen (secondary N) is 2. The Morgan fingerprint density at radius 3 is 2.63 bits per heavy atom. The number of rotatable bonds is 12. The summed E-state index contributed by atoms with van der Waals surface area (Å²) in [6.45, 7) is 6.50. The van der Waals surface area contributed by atoms with Gasteiger partial charge in [0.05, 0.1) is 0 Å². The lowest BCUT2D eigenvalue weighted by atomic mass is 10.2. The lowest BCUT2D eigenvalue weighted by molar-refractivity contribution is -0.127. The maximum absolute atomic E-state index is 11.8. The Kier molecular flexibility index (Phi) is 16.6. The summed E-state index contributed by atoms with van der Waals surface area (Å²) < 4.78 is 0. The van der Waals surface area contributed by atoms with Gasteiger partial charge in [-0.15, -0.1) is 24.0 Å². The van der Waals surface area contributed by atoms with Crippen molar-refractivity contribution >= 4 is 47.6 Å². The summed E-state index contributed by atoms with van der Waals surface area (Å²) in [6, 6.07) is 0.572. The van der Waals surface area contributed by atoms with Gasteiger partial charge in [-0.1, -0.05) is 19.8 Å². The number of guanidine groups is 1. The first kappa shape index (κ1) is 26.8. The molecule has 2 N–H and O–H groups in total. The van der Waals surface area contributed by atoms with E-state index in [1.807, 2.05) is 11.8 Å². The SMILES string of the molecule is CCN1CCCC1CNC(=NCC(=O)N(C)C)NCCCCCCSC.I. The van der Waals surface area contributed by atoms with E-state index in [1.54, 1.807) is 19.0 Å². The number of likely N-dealkylation sites (N-methyl/N-ethyl adjacent to an activating group) is 2. The number of hydrogen-bond acceptors (Lipinski definition) is 4. The number of carbonyl (C=O) groups excluding carboxylic acids is 1. The van der Waals surface area contributed by atoms with Crippen LogP contribution < -0.4 is 10.6 Å². The molecule has 1 fully saturated rings. The summed E-state index contributed by atoms with van der Waals surface area (Å²) in [5.74, 6) is 2.05. The Hall–Kier alpha value is -0.220. The minimum absolute atomic E-state index is 0. The molecule has 160 valence electrons. The number of thioether (sulfide) groups is 1. The highest BCUT2D eigenvalue weighted by atomic mass is 127. The van der Waals surface area contributed by atoms with Crippen molar-refractivity contribution in [2.75, 3.05) is 58.8 Å². The second-order valence-electron chi connectivity index (χ2n) is 7.09. The van der Waals surface area contributed by atoms with E-state index in [2.05, 4.69) is 33.7 Å². The molecule has 0 radical (unpaired) electrons. The Balaban J connectivity index is 0.00000676. The smallest absolute Gasteiger partial charge is 0.243 e. The summed E-state index contributed by atoms with van der Waals surface area (Å²) in [7, 11) is 3.54. The Labute approximate surface area is 187 Å². The highest BCUT2D eigenvalue weighted by molar-refractivity contribution is 14.0. The molecule has 1 aliphatic heterocycles. The van der Waals surface area contributed by atoms with E-state index in [9.17, 15) is 4.79 Å². The van der Waals surface area contributed by atoms with Gasteiger partial charge in [0, 0.05) is 33.2 Å². The third-order valence-electron chi connectivity index (χ3n) is 4.85. The fourth-order valence-corrected chi connectivity index (χ4v) is 3.64. The van der Waals surface area contributed by atoms with E-state index in [0.29, 0.717) is 6.04 Å². The van der Waals surface area contributed by atoms with Gasteiger partial charge in [0.15, 0.2) is 5.96 Å². The highest BCUT2D eigenvalue weighted by Gasteiger charge is 2.22. The maximum atomic E-state index is 11.8. The van der Waals surface area contributed by atoms with Crippen molar-refractivity contribution in [3.8, 4) is 0 Å². The van der Waals surface area contributed by atoms with Gasteiger partial charge in [0.2, 0.25) is 5.91 Å². The third-order valence-corrected chi connectivity index (χ3v) is 5.55. The predicted octanol–water partition coefficient (Wildman–Crippen LogP) is 2.64. The average Bonchev–Trinajstić information content (AvgIpc) is 3.09. The van der Waals surface area contributed by atoms with Gasteiger partial charge < -0.3 is 15.5 Å². The van der Waals surface area contributed by atoms with Gasteiger partial charge in [-0.25, -0.2) is 4.99 Å². The lowest BCUT2D eigenvalue weighted by Crippen LogP contribution is -2.45. The van der Waals surface area contributed by atoms with Crippen LogP contribution in [0.1, 0.15) is 45.4 Å². The van der Waals surface area contributed by atoms with Crippen LogP contribution in [0.2, 0.25) is 0 Å². The second kappa shape index (κ2) is 16.7. The van der Waals surface area contributed by atoms with E-state index in [4.69, 9.17) is 0 Å². The summed E-state index contributed by atoms with van der Waals surface area (Å²) in [4.78, 5) is 20.4. The molecule has 0 spiro atoms. The van der Waals surface area contributed by atoms with Crippen molar-refractivity contribution < 1.29 is 4.79 Å². The van der Waals surface area contributed by atoms with Gasteiger partial charge in [-0.3, -0.25) is 9.69 Å². The molecule has 1 atom stereocenters. The van der Waals surface area contributed by atoms with E-state index in [1.165, 1.54) is 44.4 Å². The molecule has 1 rings (SSSR count). The molecule has 6 nitrogen and oxygen atoms in total. The fraction of sp³-hybridized carbons (Fsp3) is 0.895. The molecule has 1 amide bonds. The van der Waals surface area contributed by atoms with E-state index in [0.717, 1.165) is 32.0 Å². The van der Waals surface area contributed by atoms with Crippen LogP contribution in [-0.2, 0) is 4.79 Å². The van der Waals surface area contributed by atoms with Gasteiger partial charge in [0.25, 0.3) is 0 Å². The zero-order valence-electron chi connectivity index (χ0n) is 17.6. The van der Waals surface area contributed by atoms with Crippen LogP contribution in [0, 0.1) is 0 Å². The van der Waals surface area contributed by atoms with Gasteiger partial charge >= 0.3 is 0 Å². The van der Waals surface area contributed by atoms with Crippen LogP contribution in [0.25, 0.3) is 0 Å². The first-order chi connectivity index (χ1) is 12.6. The number of nitrogens with zero attached hydrogens (tertiary/aromatic N) is 3. The normalized spacial score (nSPS) is 17.5. The predicted molar refractivity (Wildman–Crippen MR) is 130 cm³/mol. The van der Waals surface area contributed by atoms with Crippen molar-refractivity contribution in [2.24, 2.45) is 4.99 Å². The molecule has 0 aromatic heterocycles. The summed E-state index contributed by atoms with van der Waals surface area (Å²) >= 11 is 1.92. The molecular formula is C19H40IN5OS. The summed E-state index contributed by atoms with van der Waals surface area (Å²) in [6.07, 6.45) is 9.64. The molecule has 8 heteroatoms.